The van der Waals surface area contributed by atoms with Gasteiger partial charge in [-0.15, -0.1) is 12.4 Å². The second-order valence-electron chi connectivity index (χ2n) is 3.67. The molecule has 0 aliphatic rings. The minimum Gasteiger partial charge on any atom is -0.464 e. The predicted molar refractivity (Wildman–Crippen MR) is 67.0 cm³/mol. The Morgan fingerprint density at radius 2 is 2.24 bits per heavy atom. The summed E-state index contributed by atoms with van der Waals surface area (Å²) in [5.74, 6) is 1.44. The van der Waals surface area contributed by atoms with Crippen LogP contribution in [0.25, 0.3) is 0 Å². The number of carbonyl (C=O) groups is 1. The molecule has 0 fully saturated rings. The van der Waals surface area contributed by atoms with E-state index in [-0.39, 0.29) is 24.9 Å². The number of carbonyl (C=O) groups excluding carboxylic acids is 1. The van der Waals surface area contributed by atoms with Crippen molar-refractivity contribution in [1.82, 2.24) is 4.90 Å². The van der Waals surface area contributed by atoms with Crippen LogP contribution < -0.4 is 5.73 Å². The highest BCUT2D eigenvalue weighted by molar-refractivity contribution is 5.85. The zero-order valence-electron chi connectivity index (χ0n) is 10.3. The maximum absolute atomic E-state index is 11.8. The summed E-state index contributed by atoms with van der Waals surface area (Å²) < 4.78 is 10.4. The number of nitrogens with zero attached hydrogens (tertiary/aromatic N) is 1. The Kier molecular flexibility index (Phi) is 6.87. The van der Waals surface area contributed by atoms with Crippen LogP contribution in [-0.4, -0.2) is 37.6 Å². The zero-order valence-corrected chi connectivity index (χ0v) is 11.1. The minimum absolute atomic E-state index is 0. The molecule has 98 valence electrons. The molecular weight excluding hydrogens is 244 g/mol. The van der Waals surface area contributed by atoms with E-state index in [0.29, 0.717) is 6.54 Å². The number of hydrogen-bond acceptors (Lipinski definition) is 4. The Hall–Kier alpha value is -1.04. The maximum Gasteiger partial charge on any atom is 0.253 e. The van der Waals surface area contributed by atoms with Crippen molar-refractivity contribution in [2.45, 2.75) is 19.6 Å². The van der Waals surface area contributed by atoms with Crippen LogP contribution in [0.15, 0.2) is 16.5 Å². The number of aryl methyl sites for hydroxylation is 1. The Labute approximate surface area is 107 Å². The standard InChI is InChI=1S/C11H18N2O3.ClH/c1-8-4-5-9(16-8)7-13(2)11(14)10(6-12)15-3;/h4-5,10H,6-7,12H2,1-3H3;1H. The van der Waals surface area contributed by atoms with Gasteiger partial charge in [-0.05, 0) is 19.1 Å². The zero-order chi connectivity index (χ0) is 12.1. The van der Waals surface area contributed by atoms with Crippen molar-refractivity contribution in [3.8, 4) is 0 Å². The molecule has 6 heteroatoms. The second kappa shape index (κ2) is 7.32. The number of likely N-dealkylation sites (N-methyl/N-ethyl adjacent to an activating group) is 1. The number of amides is 1. The predicted octanol–water partition coefficient (Wildman–Crippen LogP) is 0.942. The first-order valence-corrected chi connectivity index (χ1v) is 5.11. The first-order valence-electron chi connectivity index (χ1n) is 5.11. The highest BCUT2D eigenvalue weighted by Crippen LogP contribution is 2.09. The van der Waals surface area contributed by atoms with Gasteiger partial charge in [-0.2, -0.15) is 0 Å². The van der Waals surface area contributed by atoms with Gasteiger partial charge >= 0.3 is 0 Å². The molecule has 1 aromatic heterocycles. The number of hydrogen-bond donors (Lipinski definition) is 1. The molecule has 0 saturated heterocycles. The van der Waals surface area contributed by atoms with Crippen molar-refractivity contribution >= 4 is 18.3 Å². The van der Waals surface area contributed by atoms with Crippen molar-refractivity contribution in [1.29, 1.82) is 0 Å². The quantitative estimate of drug-likeness (QED) is 0.858. The van der Waals surface area contributed by atoms with Crippen molar-refractivity contribution in [3.05, 3.63) is 23.7 Å². The molecule has 2 N–H and O–H groups in total. The molecular formula is C11H19ClN2O3. The molecule has 1 heterocycles. The monoisotopic (exact) mass is 262 g/mol. The molecule has 1 amide bonds. The fraction of sp³-hybridized carbons (Fsp3) is 0.545. The second-order valence-corrected chi connectivity index (χ2v) is 3.67. The van der Waals surface area contributed by atoms with E-state index in [2.05, 4.69) is 0 Å². The number of halogens is 1. The van der Waals surface area contributed by atoms with Gasteiger partial charge in [0.2, 0.25) is 0 Å². The lowest BCUT2D eigenvalue weighted by molar-refractivity contribution is -0.140. The number of methoxy groups -OCH3 is 1. The third kappa shape index (κ3) is 4.38. The van der Waals surface area contributed by atoms with Crippen LogP contribution in [0.1, 0.15) is 11.5 Å². The summed E-state index contributed by atoms with van der Waals surface area (Å²) >= 11 is 0. The molecule has 0 radical (unpaired) electrons. The van der Waals surface area contributed by atoms with E-state index in [1.54, 1.807) is 11.9 Å². The largest absolute Gasteiger partial charge is 0.464 e. The van der Waals surface area contributed by atoms with E-state index in [9.17, 15) is 4.79 Å². The van der Waals surface area contributed by atoms with Crippen molar-refractivity contribution in [3.63, 3.8) is 0 Å². The summed E-state index contributed by atoms with van der Waals surface area (Å²) in [6.07, 6.45) is -0.582. The normalized spacial score (nSPS) is 11.8. The molecule has 0 saturated carbocycles. The topological polar surface area (TPSA) is 68.7 Å². The third-order valence-electron chi connectivity index (χ3n) is 2.34. The van der Waals surface area contributed by atoms with Crippen LogP contribution in [-0.2, 0) is 16.1 Å². The van der Waals surface area contributed by atoms with E-state index < -0.39 is 6.10 Å². The lowest BCUT2D eigenvalue weighted by Crippen LogP contribution is -2.41. The molecule has 0 spiro atoms. The van der Waals surface area contributed by atoms with Gasteiger partial charge < -0.3 is 19.8 Å². The fourth-order valence-corrected chi connectivity index (χ4v) is 1.43. The van der Waals surface area contributed by atoms with Gasteiger partial charge in [0.25, 0.3) is 5.91 Å². The lowest BCUT2D eigenvalue weighted by Gasteiger charge is -2.20. The van der Waals surface area contributed by atoms with Crippen molar-refractivity contribution in [2.75, 3.05) is 20.7 Å². The lowest BCUT2D eigenvalue weighted by atomic mass is 10.3. The van der Waals surface area contributed by atoms with Gasteiger partial charge in [-0.3, -0.25) is 4.79 Å². The van der Waals surface area contributed by atoms with Crippen LogP contribution in [0.4, 0.5) is 0 Å². The summed E-state index contributed by atoms with van der Waals surface area (Å²) in [5, 5.41) is 0. The van der Waals surface area contributed by atoms with Crippen molar-refractivity contribution in [2.24, 2.45) is 5.73 Å². The molecule has 0 aliphatic heterocycles. The van der Waals surface area contributed by atoms with E-state index in [4.69, 9.17) is 14.9 Å². The van der Waals surface area contributed by atoms with E-state index in [1.165, 1.54) is 7.11 Å². The average Bonchev–Trinajstić information content (AvgIpc) is 2.65. The van der Waals surface area contributed by atoms with Crippen LogP contribution in [0.2, 0.25) is 0 Å². The summed E-state index contributed by atoms with van der Waals surface area (Å²) in [7, 11) is 3.17. The number of furan rings is 1. The molecule has 1 unspecified atom stereocenters. The third-order valence-corrected chi connectivity index (χ3v) is 2.34. The SMILES string of the molecule is COC(CN)C(=O)N(C)Cc1ccc(C)o1.Cl. The van der Waals surface area contributed by atoms with Crippen LogP contribution in [0.5, 0.6) is 0 Å². The summed E-state index contributed by atoms with van der Waals surface area (Å²) in [5.41, 5.74) is 5.42. The van der Waals surface area contributed by atoms with Crippen molar-refractivity contribution < 1.29 is 13.9 Å². The molecule has 17 heavy (non-hydrogen) atoms. The number of ether oxygens (including phenoxy) is 1. The highest BCUT2D eigenvalue weighted by Gasteiger charge is 2.20. The summed E-state index contributed by atoms with van der Waals surface area (Å²) in [4.78, 5) is 13.3. The molecule has 1 rings (SSSR count). The molecule has 5 nitrogen and oxygen atoms in total. The molecule has 0 aliphatic carbocycles. The molecule has 1 aromatic rings. The summed E-state index contributed by atoms with van der Waals surface area (Å²) in [6.45, 7) is 2.46. The number of nitrogens with two attached hydrogens (primary N) is 1. The van der Waals surface area contributed by atoms with Gasteiger partial charge in [0, 0.05) is 20.7 Å². The van der Waals surface area contributed by atoms with E-state index in [1.807, 2.05) is 19.1 Å². The van der Waals surface area contributed by atoms with Crippen LogP contribution >= 0.6 is 12.4 Å². The van der Waals surface area contributed by atoms with Gasteiger partial charge in [-0.1, -0.05) is 0 Å². The van der Waals surface area contributed by atoms with Gasteiger partial charge in [0.15, 0.2) is 0 Å². The average molecular weight is 263 g/mol. The number of rotatable bonds is 5. The highest BCUT2D eigenvalue weighted by atomic mass is 35.5. The Morgan fingerprint density at radius 3 is 2.65 bits per heavy atom. The first-order chi connectivity index (χ1) is 7.58. The maximum atomic E-state index is 11.8. The Bertz CT molecular complexity index is 350. The van der Waals surface area contributed by atoms with Gasteiger partial charge in [-0.25, -0.2) is 0 Å². The van der Waals surface area contributed by atoms with Gasteiger partial charge in [0.05, 0.1) is 6.54 Å². The first kappa shape index (κ1) is 16.0. The van der Waals surface area contributed by atoms with Crippen LogP contribution in [0, 0.1) is 6.92 Å². The van der Waals surface area contributed by atoms with E-state index in [0.717, 1.165) is 11.5 Å². The van der Waals surface area contributed by atoms with E-state index >= 15 is 0 Å². The minimum atomic E-state index is -0.582. The molecule has 0 bridgehead atoms. The smallest absolute Gasteiger partial charge is 0.253 e. The summed E-state index contributed by atoms with van der Waals surface area (Å²) in [6, 6.07) is 3.72. The van der Waals surface area contributed by atoms with Gasteiger partial charge in [0.1, 0.15) is 17.6 Å². The Balaban J connectivity index is 0.00000256. The molecule has 0 aromatic carbocycles. The fourth-order valence-electron chi connectivity index (χ4n) is 1.43. The Morgan fingerprint density at radius 1 is 1.59 bits per heavy atom. The molecule has 1 atom stereocenters. The van der Waals surface area contributed by atoms with Crippen LogP contribution in [0.3, 0.4) is 0 Å².